The van der Waals surface area contributed by atoms with Crippen LogP contribution in [0, 0.1) is 0 Å². The predicted molar refractivity (Wildman–Crippen MR) is 119 cm³/mol. The molecule has 0 unspecified atom stereocenters. The Morgan fingerprint density at radius 2 is 2.00 bits per heavy atom. The van der Waals surface area contributed by atoms with E-state index in [1.165, 1.54) is 0 Å². The van der Waals surface area contributed by atoms with Crippen molar-refractivity contribution in [3.8, 4) is 17.1 Å². The van der Waals surface area contributed by atoms with Gasteiger partial charge in [0.2, 0.25) is 0 Å². The molecule has 2 atom stereocenters. The number of ether oxygens (including phenoxy) is 1. The first kappa shape index (κ1) is 20.4. The lowest BCUT2D eigenvalue weighted by Gasteiger charge is -2.25. The van der Waals surface area contributed by atoms with E-state index >= 15 is 0 Å². The van der Waals surface area contributed by atoms with Gasteiger partial charge in [0.15, 0.2) is 5.11 Å². The molecule has 0 aliphatic carbocycles. The lowest BCUT2D eigenvalue weighted by atomic mass is 10.0. The first-order valence-electron chi connectivity index (χ1n) is 10.1. The van der Waals surface area contributed by atoms with Gasteiger partial charge in [0.05, 0.1) is 18.3 Å². The molecule has 3 heterocycles. The van der Waals surface area contributed by atoms with Crippen LogP contribution >= 0.6 is 12.2 Å². The Hall–Kier alpha value is -2.90. The zero-order valence-electron chi connectivity index (χ0n) is 16.8. The van der Waals surface area contributed by atoms with Crippen molar-refractivity contribution >= 4 is 17.3 Å². The Labute approximate surface area is 181 Å². The number of thiocarbonyl (C=S) groups is 1. The summed E-state index contributed by atoms with van der Waals surface area (Å²) in [4.78, 5) is 6.60. The Kier molecular flexibility index (Phi) is 6.30. The van der Waals surface area contributed by atoms with Gasteiger partial charge in [0.25, 0.3) is 0 Å². The normalized spacial score (nSPS) is 18.5. The molecule has 3 aromatic rings. The van der Waals surface area contributed by atoms with Crippen molar-refractivity contribution in [3.63, 3.8) is 0 Å². The third-order valence-corrected chi connectivity index (χ3v) is 5.48. The van der Waals surface area contributed by atoms with Crippen LogP contribution in [0.2, 0.25) is 0 Å². The van der Waals surface area contributed by atoms with Crippen molar-refractivity contribution in [1.29, 1.82) is 0 Å². The molecule has 6 nitrogen and oxygen atoms in total. The highest BCUT2D eigenvalue weighted by Gasteiger charge is 2.41. The van der Waals surface area contributed by atoms with E-state index < -0.39 is 0 Å². The number of furan rings is 1. The van der Waals surface area contributed by atoms with Crippen molar-refractivity contribution in [1.82, 2.24) is 15.2 Å². The molecule has 1 aliphatic heterocycles. The van der Waals surface area contributed by atoms with Gasteiger partial charge >= 0.3 is 0 Å². The molecule has 7 heteroatoms. The topological polar surface area (TPSA) is 70.8 Å². The van der Waals surface area contributed by atoms with E-state index in [0.29, 0.717) is 24.7 Å². The van der Waals surface area contributed by atoms with Gasteiger partial charge in [-0.15, -0.1) is 0 Å². The lowest BCUT2D eigenvalue weighted by Crippen LogP contribution is -2.30. The standard InChI is InChI=1S/C23H25N3O3S/c1-2-28-17-9-7-16(8-10-17)19-11-12-20(29-19)22-21(18-6-3-4-13-24-18)25-23(30)26(22)14-5-15-27/h3-4,6-13,21-22,27H,2,5,14-15H2,1H3,(H,25,30)/t21-,22+/m1/s1. The van der Waals surface area contributed by atoms with Crippen molar-refractivity contribution in [2.45, 2.75) is 25.4 Å². The minimum Gasteiger partial charge on any atom is -0.494 e. The molecule has 2 aromatic heterocycles. The Bertz CT molecular complexity index is 975. The molecule has 0 radical (unpaired) electrons. The molecule has 0 amide bonds. The zero-order chi connectivity index (χ0) is 20.9. The van der Waals surface area contributed by atoms with Gasteiger partial charge < -0.3 is 24.5 Å². The minimum absolute atomic E-state index is 0.107. The van der Waals surface area contributed by atoms with Gasteiger partial charge in [-0.25, -0.2) is 0 Å². The number of hydrogen-bond acceptors (Lipinski definition) is 5. The number of nitrogens with zero attached hydrogens (tertiary/aromatic N) is 2. The number of aliphatic hydroxyl groups excluding tert-OH is 1. The van der Waals surface area contributed by atoms with Crippen molar-refractivity contribution in [2.75, 3.05) is 19.8 Å². The summed E-state index contributed by atoms with van der Waals surface area (Å²) in [5, 5.41) is 13.4. The Morgan fingerprint density at radius 1 is 1.17 bits per heavy atom. The quantitative estimate of drug-likeness (QED) is 0.529. The third-order valence-electron chi connectivity index (χ3n) is 5.12. The lowest BCUT2D eigenvalue weighted by molar-refractivity contribution is 0.233. The van der Waals surface area contributed by atoms with Crippen LogP contribution in [-0.2, 0) is 0 Å². The molecule has 0 saturated carbocycles. The molecule has 4 rings (SSSR count). The van der Waals surface area contributed by atoms with E-state index in [1.807, 2.05) is 61.5 Å². The summed E-state index contributed by atoms with van der Waals surface area (Å²) in [6.07, 6.45) is 2.40. The highest BCUT2D eigenvalue weighted by molar-refractivity contribution is 7.80. The molecule has 1 saturated heterocycles. The van der Waals surface area contributed by atoms with Crippen LogP contribution in [0.15, 0.2) is 65.2 Å². The van der Waals surface area contributed by atoms with Gasteiger partial charge in [0, 0.05) is 24.9 Å². The second-order valence-electron chi connectivity index (χ2n) is 7.06. The molecule has 1 aliphatic rings. The fourth-order valence-electron chi connectivity index (χ4n) is 3.75. The van der Waals surface area contributed by atoms with Crippen LogP contribution in [0.25, 0.3) is 11.3 Å². The average molecular weight is 424 g/mol. The summed E-state index contributed by atoms with van der Waals surface area (Å²) >= 11 is 5.60. The first-order chi connectivity index (χ1) is 14.7. The summed E-state index contributed by atoms with van der Waals surface area (Å²) < 4.78 is 11.8. The molecule has 1 aromatic carbocycles. The Balaban J connectivity index is 1.65. The highest BCUT2D eigenvalue weighted by Crippen LogP contribution is 2.40. The minimum atomic E-state index is -0.143. The molecule has 1 fully saturated rings. The van der Waals surface area contributed by atoms with Gasteiger partial charge in [-0.3, -0.25) is 4.98 Å². The van der Waals surface area contributed by atoms with Crippen LogP contribution in [0.4, 0.5) is 0 Å². The van der Waals surface area contributed by atoms with Gasteiger partial charge in [-0.2, -0.15) is 0 Å². The average Bonchev–Trinajstić information content (AvgIpc) is 3.38. The van der Waals surface area contributed by atoms with Crippen LogP contribution in [0.1, 0.15) is 36.9 Å². The summed E-state index contributed by atoms with van der Waals surface area (Å²) in [6, 6.07) is 17.4. The second-order valence-corrected chi connectivity index (χ2v) is 7.44. The summed E-state index contributed by atoms with van der Waals surface area (Å²) in [6.45, 7) is 3.34. The van der Waals surface area contributed by atoms with Crippen LogP contribution in [0.3, 0.4) is 0 Å². The molecule has 156 valence electrons. The maximum atomic E-state index is 9.33. The van der Waals surface area contributed by atoms with Crippen molar-refractivity contribution < 1.29 is 14.3 Å². The molecule has 0 bridgehead atoms. The maximum Gasteiger partial charge on any atom is 0.170 e. The predicted octanol–water partition coefficient (Wildman–Crippen LogP) is 4.10. The number of rotatable bonds is 8. The number of aliphatic hydroxyl groups is 1. The largest absolute Gasteiger partial charge is 0.494 e. The fraction of sp³-hybridized carbons (Fsp3) is 0.304. The van der Waals surface area contributed by atoms with Gasteiger partial charge in [-0.1, -0.05) is 6.07 Å². The van der Waals surface area contributed by atoms with E-state index in [4.69, 9.17) is 21.4 Å². The molecular formula is C23H25N3O3S. The molecular weight excluding hydrogens is 398 g/mol. The van der Waals surface area contributed by atoms with Gasteiger partial charge in [0.1, 0.15) is 23.3 Å². The van der Waals surface area contributed by atoms with E-state index in [-0.39, 0.29) is 18.7 Å². The van der Waals surface area contributed by atoms with E-state index in [2.05, 4.69) is 15.2 Å². The van der Waals surface area contributed by atoms with Crippen molar-refractivity contribution in [3.05, 3.63) is 72.2 Å². The number of benzene rings is 1. The maximum absolute atomic E-state index is 9.33. The van der Waals surface area contributed by atoms with E-state index in [0.717, 1.165) is 28.5 Å². The highest BCUT2D eigenvalue weighted by atomic mass is 32.1. The first-order valence-corrected chi connectivity index (χ1v) is 10.5. The summed E-state index contributed by atoms with van der Waals surface area (Å²) in [7, 11) is 0. The fourth-order valence-corrected chi connectivity index (χ4v) is 4.08. The van der Waals surface area contributed by atoms with Crippen molar-refractivity contribution in [2.24, 2.45) is 0 Å². The molecule has 30 heavy (non-hydrogen) atoms. The SMILES string of the molecule is CCOc1ccc(-c2ccc([C@H]3[C@@H](c4ccccn4)NC(=S)N3CCCO)o2)cc1. The van der Waals surface area contributed by atoms with Gasteiger partial charge in [-0.05, 0) is 74.1 Å². The van der Waals surface area contributed by atoms with E-state index in [1.54, 1.807) is 6.20 Å². The summed E-state index contributed by atoms with van der Waals surface area (Å²) in [5.41, 5.74) is 1.88. The smallest absolute Gasteiger partial charge is 0.170 e. The third kappa shape index (κ3) is 4.17. The number of pyridine rings is 1. The van der Waals surface area contributed by atoms with Crippen LogP contribution in [0.5, 0.6) is 5.75 Å². The zero-order valence-corrected chi connectivity index (χ0v) is 17.6. The Morgan fingerprint density at radius 3 is 2.70 bits per heavy atom. The second kappa shape index (κ2) is 9.28. The van der Waals surface area contributed by atoms with E-state index in [9.17, 15) is 5.11 Å². The number of aromatic nitrogens is 1. The summed E-state index contributed by atoms with van der Waals surface area (Å²) in [5.74, 6) is 2.43. The number of hydrogen-bond donors (Lipinski definition) is 2. The molecule has 2 N–H and O–H groups in total. The monoisotopic (exact) mass is 423 g/mol. The van der Waals surface area contributed by atoms with Crippen LogP contribution < -0.4 is 10.1 Å². The number of nitrogens with one attached hydrogen (secondary N) is 1. The molecule has 0 spiro atoms. The van der Waals surface area contributed by atoms with Crippen LogP contribution in [-0.4, -0.2) is 39.9 Å².